The van der Waals surface area contributed by atoms with Crippen LogP contribution in [-0.4, -0.2) is 29.4 Å². The number of carbonyl (C=O) groups is 1. The summed E-state index contributed by atoms with van der Waals surface area (Å²) in [6.45, 7) is 2.72. The van der Waals surface area contributed by atoms with E-state index < -0.39 is 0 Å². The summed E-state index contributed by atoms with van der Waals surface area (Å²) >= 11 is 0. The highest BCUT2D eigenvalue weighted by Gasteiger charge is 2.35. The lowest BCUT2D eigenvalue weighted by molar-refractivity contribution is 0.0696. The monoisotopic (exact) mass is 314 g/mol. The highest BCUT2D eigenvalue weighted by molar-refractivity contribution is 5.92. The van der Waals surface area contributed by atoms with Gasteiger partial charge in [0, 0.05) is 25.0 Å². The molecule has 0 bridgehead atoms. The number of aromatic nitrogens is 1. The number of hydrogen-bond acceptors (Lipinski definition) is 5. The van der Waals surface area contributed by atoms with Gasteiger partial charge in [-0.1, -0.05) is 13.0 Å². The number of rotatable bonds is 3. The Hall–Kier alpha value is -2.63. The Labute approximate surface area is 133 Å². The molecule has 2 atom stereocenters. The van der Waals surface area contributed by atoms with Gasteiger partial charge in [0.1, 0.15) is 6.26 Å². The van der Waals surface area contributed by atoms with Gasteiger partial charge < -0.3 is 14.1 Å². The van der Waals surface area contributed by atoms with E-state index in [0.29, 0.717) is 12.5 Å². The van der Waals surface area contributed by atoms with Gasteiger partial charge >= 0.3 is 0 Å². The van der Waals surface area contributed by atoms with Crippen molar-refractivity contribution >= 4 is 5.91 Å². The number of methoxy groups -OCH3 is 1. The van der Waals surface area contributed by atoms with Crippen LogP contribution in [0.4, 0.5) is 0 Å². The molecule has 6 heteroatoms. The summed E-state index contributed by atoms with van der Waals surface area (Å²) in [5.41, 5.74) is 0.619. The summed E-state index contributed by atoms with van der Waals surface area (Å²) in [5, 5.41) is 0. The molecule has 0 spiro atoms. The van der Waals surface area contributed by atoms with Crippen molar-refractivity contribution in [1.82, 2.24) is 9.88 Å². The van der Waals surface area contributed by atoms with Gasteiger partial charge in [-0.05, 0) is 24.0 Å². The normalized spacial score (nSPS) is 20.5. The maximum absolute atomic E-state index is 12.8. The molecule has 1 aliphatic heterocycles. The smallest absolute Gasteiger partial charge is 0.290 e. The fourth-order valence-electron chi connectivity index (χ4n) is 2.96. The van der Waals surface area contributed by atoms with E-state index in [2.05, 4.69) is 11.9 Å². The third kappa shape index (κ3) is 2.97. The molecule has 1 fully saturated rings. The first-order valence-electron chi connectivity index (χ1n) is 7.48. The number of amides is 1. The number of likely N-dealkylation sites (tertiary alicyclic amines) is 1. The highest BCUT2D eigenvalue weighted by Crippen LogP contribution is 2.35. The quantitative estimate of drug-likeness (QED) is 0.869. The predicted molar refractivity (Wildman–Crippen MR) is 83.3 cm³/mol. The number of carbonyl (C=O) groups excluding carboxylic acids is 1. The van der Waals surface area contributed by atoms with Gasteiger partial charge in [-0.3, -0.25) is 14.6 Å². The van der Waals surface area contributed by atoms with Crippen LogP contribution in [0, 0.1) is 5.92 Å². The first-order valence-corrected chi connectivity index (χ1v) is 7.48. The van der Waals surface area contributed by atoms with Crippen molar-refractivity contribution in [3.63, 3.8) is 0 Å². The first kappa shape index (κ1) is 15.3. The maximum Gasteiger partial charge on any atom is 0.290 e. The van der Waals surface area contributed by atoms with E-state index in [9.17, 15) is 9.59 Å². The Morgan fingerprint density at radius 2 is 2.30 bits per heavy atom. The second-order valence-corrected chi connectivity index (χ2v) is 5.78. The Morgan fingerprint density at radius 3 is 2.96 bits per heavy atom. The van der Waals surface area contributed by atoms with E-state index in [1.54, 1.807) is 17.3 Å². The SMILES string of the molecule is COc1coc(C(=O)N2C[C@@H](C)C[C@H]2c2cccnc2)cc1=O. The molecule has 0 radical (unpaired) electrons. The molecule has 0 unspecified atom stereocenters. The number of pyridine rings is 1. The molecule has 2 aromatic heterocycles. The van der Waals surface area contributed by atoms with Crippen molar-refractivity contribution in [1.29, 1.82) is 0 Å². The second kappa shape index (κ2) is 6.24. The minimum Gasteiger partial charge on any atom is -0.490 e. The topological polar surface area (TPSA) is 72.6 Å². The predicted octanol–water partition coefficient (Wildman–Crippen LogP) is 2.27. The van der Waals surface area contributed by atoms with Crippen molar-refractivity contribution in [2.45, 2.75) is 19.4 Å². The van der Waals surface area contributed by atoms with Crippen molar-refractivity contribution in [3.05, 3.63) is 58.4 Å². The van der Waals surface area contributed by atoms with Crippen LogP contribution in [0.25, 0.3) is 0 Å². The molecule has 3 heterocycles. The third-order valence-electron chi connectivity index (χ3n) is 4.07. The van der Waals surface area contributed by atoms with Crippen molar-refractivity contribution in [2.75, 3.05) is 13.7 Å². The van der Waals surface area contributed by atoms with Crippen molar-refractivity contribution in [3.8, 4) is 5.75 Å². The van der Waals surface area contributed by atoms with Crippen LogP contribution < -0.4 is 10.2 Å². The number of nitrogens with zero attached hydrogens (tertiary/aromatic N) is 2. The van der Waals surface area contributed by atoms with Crippen LogP contribution in [0.5, 0.6) is 5.75 Å². The van der Waals surface area contributed by atoms with Gasteiger partial charge in [-0.25, -0.2) is 0 Å². The van der Waals surface area contributed by atoms with E-state index in [0.717, 1.165) is 12.0 Å². The van der Waals surface area contributed by atoms with Gasteiger partial charge in [0.25, 0.3) is 5.91 Å². The minimum atomic E-state index is -0.368. The molecule has 0 N–H and O–H groups in total. The Balaban J connectivity index is 1.91. The summed E-state index contributed by atoms with van der Waals surface area (Å²) in [6.07, 6.45) is 5.51. The van der Waals surface area contributed by atoms with Crippen LogP contribution in [0.2, 0.25) is 0 Å². The van der Waals surface area contributed by atoms with E-state index >= 15 is 0 Å². The average molecular weight is 314 g/mol. The molecular formula is C17H18N2O4. The Kier molecular flexibility index (Phi) is 4.14. The Bertz CT molecular complexity index is 757. The fraction of sp³-hybridized carbons (Fsp3) is 0.353. The first-order chi connectivity index (χ1) is 11.1. The van der Waals surface area contributed by atoms with E-state index in [1.807, 2.05) is 12.1 Å². The zero-order valence-corrected chi connectivity index (χ0v) is 13.1. The van der Waals surface area contributed by atoms with Gasteiger partial charge in [0.05, 0.1) is 13.2 Å². The van der Waals surface area contributed by atoms with E-state index in [1.165, 1.54) is 19.4 Å². The van der Waals surface area contributed by atoms with Crippen molar-refractivity contribution < 1.29 is 13.9 Å². The summed E-state index contributed by atoms with van der Waals surface area (Å²) in [6, 6.07) is 4.94. The molecular weight excluding hydrogens is 296 g/mol. The van der Waals surface area contributed by atoms with Crippen LogP contribution in [-0.2, 0) is 0 Å². The van der Waals surface area contributed by atoms with Crippen LogP contribution in [0.15, 0.2) is 46.1 Å². The van der Waals surface area contributed by atoms with Gasteiger partial charge in [-0.15, -0.1) is 0 Å². The van der Waals surface area contributed by atoms with Crippen LogP contribution in [0.1, 0.15) is 35.5 Å². The molecule has 2 aromatic rings. The lowest BCUT2D eigenvalue weighted by atomic mass is 10.0. The molecule has 1 amide bonds. The highest BCUT2D eigenvalue weighted by atomic mass is 16.5. The molecule has 120 valence electrons. The number of hydrogen-bond donors (Lipinski definition) is 0. The lowest BCUT2D eigenvalue weighted by Gasteiger charge is -2.24. The molecule has 1 saturated heterocycles. The summed E-state index contributed by atoms with van der Waals surface area (Å²) in [5.74, 6) is 0.191. The maximum atomic E-state index is 12.8. The lowest BCUT2D eigenvalue weighted by Crippen LogP contribution is -2.31. The summed E-state index contributed by atoms with van der Waals surface area (Å²) < 4.78 is 10.2. The Morgan fingerprint density at radius 1 is 1.48 bits per heavy atom. The molecule has 1 aliphatic rings. The standard InChI is InChI=1S/C17H18N2O4/c1-11-6-13(12-4-3-5-18-8-12)19(9-11)17(21)15-7-14(20)16(22-2)10-23-15/h3-5,7-8,10-11,13H,6,9H2,1-2H3/t11-,13-/m0/s1. The molecule has 3 rings (SSSR count). The third-order valence-corrected chi connectivity index (χ3v) is 4.07. The summed E-state index contributed by atoms with van der Waals surface area (Å²) in [4.78, 5) is 30.5. The molecule has 0 saturated carbocycles. The zero-order valence-electron chi connectivity index (χ0n) is 13.1. The van der Waals surface area contributed by atoms with E-state index in [4.69, 9.17) is 9.15 Å². The molecule has 6 nitrogen and oxygen atoms in total. The van der Waals surface area contributed by atoms with Crippen LogP contribution in [0.3, 0.4) is 0 Å². The fourth-order valence-corrected chi connectivity index (χ4v) is 2.96. The van der Waals surface area contributed by atoms with E-state index in [-0.39, 0.29) is 28.9 Å². The molecule has 0 aromatic carbocycles. The zero-order chi connectivity index (χ0) is 16.4. The molecule has 0 aliphatic carbocycles. The minimum absolute atomic E-state index is 0.0267. The van der Waals surface area contributed by atoms with Crippen LogP contribution >= 0.6 is 0 Å². The molecule has 23 heavy (non-hydrogen) atoms. The van der Waals surface area contributed by atoms with Crippen molar-refractivity contribution in [2.24, 2.45) is 5.92 Å². The number of ether oxygens (including phenoxy) is 1. The second-order valence-electron chi connectivity index (χ2n) is 5.78. The van der Waals surface area contributed by atoms with Gasteiger partial charge in [-0.2, -0.15) is 0 Å². The summed E-state index contributed by atoms with van der Waals surface area (Å²) in [7, 11) is 1.38. The van der Waals surface area contributed by atoms with Gasteiger partial charge in [0.15, 0.2) is 5.76 Å². The largest absolute Gasteiger partial charge is 0.490 e. The average Bonchev–Trinajstić information content (AvgIpc) is 2.96. The van der Waals surface area contributed by atoms with Gasteiger partial charge in [0.2, 0.25) is 11.2 Å².